The fourth-order valence-corrected chi connectivity index (χ4v) is 2.16. The van der Waals surface area contributed by atoms with Gasteiger partial charge in [-0.2, -0.15) is 0 Å². The van der Waals surface area contributed by atoms with E-state index in [0.29, 0.717) is 11.3 Å². The van der Waals surface area contributed by atoms with Gasteiger partial charge in [0.15, 0.2) is 0 Å². The Balaban J connectivity index is 2.25. The minimum absolute atomic E-state index is 0.00434. The Hall–Kier alpha value is -2.69. The second-order valence-corrected chi connectivity index (χ2v) is 5.70. The minimum atomic E-state index is -0.735. The topological polar surface area (TPSA) is 72.2 Å². The summed E-state index contributed by atoms with van der Waals surface area (Å²) < 4.78 is 0. The first kappa shape index (κ1) is 15.7. The van der Waals surface area contributed by atoms with Crippen molar-refractivity contribution in [3.63, 3.8) is 0 Å². The quantitative estimate of drug-likeness (QED) is 0.689. The zero-order chi connectivity index (χ0) is 16.3. The van der Waals surface area contributed by atoms with Crippen molar-refractivity contribution in [1.29, 1.82) is 0 Å². The molecule has 2 aromatic carbocycles. The average Bonchev–Trinajstić information content (AvgIpc) is 2.49. The normalized spacial score (nSPS) is 11.0. The Bertz CT molecular complexity index is 709. The fourth-order valence-electron chi connectivity index (χ4n) is 2.16. The van der Waals surface area contributed by atoms with Gasteiger partial charge in [-0.25, -0.2) is 0 Å². The van der Waals surface area contributed by atoms with Crippen LogP contribution in [0.5, 0.6) is 0 Å². The number of aryl methyl sites for hydroxylation is 1. The van der Waals surface area contributed by atoms with E-state index in [1.165, 1.54) is 6.07 Å². The van der Waals surface area contributed by atoms with Crippen LogP contribution >= 0.6 is 0 Å². The van der Waals surface area contributed by atoms with Gasteiger partial charge in [0.2, 0.25) is 5.91 Å². The molecule has 114 valence electrons. The number of hydrogen-bond donors (Lipinski definition) is 1. The zero-order valence-electron chi connectivity index (χ0n) is 12.8. The van der Waals surface area contributed by atoms with E-state index in [2.05, 4.69) is 5.32 Å². The maximum Gasteiger partial charge on any atom is 0.274 e. The highest BCUT2D eigenvalue weighted by Crippen LogP contribution is 2.27. The number of nitrogens with zero attached hydrogens (tertiary/aromatic N) is 1. The van der Waals surface area contributed by atoms with E-state index in [1.807, 2.05) is 44.2 Å². The SMILES string of the molecule is Cc1ccc(NC(=O)C(C)(C)c2ccccc2)cc1[N+](=O)[O-]. The number of anilines is 1. The molecule has 0 radical (unpaired) electrons. The summed E-state index contributed by atoms with van der Waals surface area (Å²) in [6, 6.07) is 14.1. The van der Waals surface area contributed by atoms with E-state index in [-0.39, 0.29) is 11.6 Å². The Morgan fingerprint density at radius 1 is 1.14 bits per heavy atom. The van der Waals surface area contributed by atoms with Gasteiger partial charge in [0.1, 0.15) is 0 Å². The number of nitro benzene ring substituents is 1. The van der Waals surface area contributed by atoms with E-state index in [1.54, 1.807) is 19.1 Å². The van der Waals surface area contributed by atoms with Crippen molar-refractivity contribution in [2.45, 2.75) is 26.2 Å². The van der Waals surface area contributed by atoms with E-state index in [0.717, 1.165) is 5.56 Å². The molecule has 0 aliphatic heterocycles. The minimum Gasteiger partial charge on any atom is -0.325 e. The summed E-state index contributed by atoms with van der Waals surface area (Å²) in [5.41, 5.74) is 1.13. The molecule has 0 heterocycles. The van der Waals surface area contributed by atoms with Crippen LogP contribution in [0.15, 0.2) is 48.5 Å². The summed E-state index contributed by atoms with van der Waals surface area (Å²) in [5.74, 6) is -0.211. The molecule has 5 nitrogen and oxygen atoms in total. The Kier molecular flexibility index (Phi) is 4.26. The molecule has 0 unspecified atom stereocenters. The number of hydrogen-bond acceptors (Lipinski definition) is 3. The molecule has 2 rings (SSSR count). The Morgan fingerprint density at radius 3 is 2.36 bits per heavy atom. The summed E-state index contributed by atoms with van der Waals surface area (Å²) >= 11 is 0. The highest BCUT2D eigenvalue weighted by Gasteiger charge is 2.29. The summed E-state index contributed by atoms with van der Waals surface area (Å²) in [6.07, 6.45) is 0. The van der Waals surface area contributed by atoms with Crippen molar-refractivity contribution < 1.29 is 9.72 Å². The van der Waals surface area contributed by atoms with Crippen molar-refractivity contribution in [1.82, 2.24) is 0 Å². The van der Waals surface area contributed by atoms with Crippen LogP contribution in [0.3, 0.4) is 0 Å². The summed E-state index contributed by atoms with van der Waals surface area (Å²) in [5, 5.41) is 13.7. The van der Waals surface area contributed by atoms with Crippen LogP contribution in [-0.2, 0) is 10.2 Å². The summed E-state index contributed by atoms with van der Waals surface area (Å²) in [7, 11) is 0. The molecule has 5 heteroatoms. The number of amides is 1. The third kappa shape index (κ3) is 3.14. The number of nitrogens with one attached hydrogen (secondary N) is 1. The standard InChI is InChI=1S/C17H18N2O3/c1-12-9-10-14(11-15(12)19(21)22)18-16(20)17(2,3)13-7-5-4-6-8-13/h4-11H,1-3H3,(H,18,20). The molecule has 0 spiro atoms. The van der Waals surface area contributed by atoms with E-state index in [4.69, 9.17) is 0 Å². The van der Waals surface area contributed by atoms with Crippen molar-refractivity contribution in [2.75, 3.05) is 5.32 Å². The lowest BCUT2D eigenvalue weighted by Crippen LogP contribution is -2.34. The maximum absolute atomic E-state index is 12.5. The zero-order valence-corrected chi connectivity index (χ0v) is 12.8. The van der Waals surface area contributed by atoms with Gasteiger partial charge in [-0.1, -0.05) is 36.4 Å². The lowest BCUT2D eigenvalue weighted by atomic mass is 9.83. The van der Waals surface area contributed by atoms with Gasteiger partial charge in [0.05, 0.1) is 10.3 Å². The molecule has 1 N–H and O–H groups in total. The highest BCUT2D eigenvalue weighted by molar-refractivity contribution is 5.98. The van der Waals surface area contributed by atoms with Crippen LogP contribution in [0, 0.1) is 17.0 Å². The highest BCUT2D eigenvalue weighted by atomic mass is 16.6. The Morgan fingerprint density at radius 2 is 1.77 bits per heavy atom. The second-order valence-electron chi connectivity index (χ2n) is 5.70. The van der Waals surface area contributed by atoms with E-state index >= 15 is 0 Å². The maximum atomic E-state index is 12.5. The molecule has 0 aliphatic carbocycles. The van der Waals surface area contributed by atoms with Gasteiger partial charge >= 0.3 is 0 Å². The smallest absolute Gasteiger partial charge is 0.274 e. The molecule has 0 saturated carbocycles. The number of benzene rings is 2. The van der Waals surface area contributed by atoms with Crippen molar-refractivity contribution in [3.8, 4) is 0 Å². The van der Waals surface area contributed by atoms with Gasteiger partial charge in [0.25, 0.3) is 5.69 Å². The predicted molar refractivity (Wildman–Crippen MR) is 85.9 cm³/mol. The average molecular weight is 298 g/mol. The number of carbonyl (C=O) groups excluding carboxylic acids is 1. The van der Waals surface area contributed by atoms with Crippen molar-refractivity contribution >= 4 is 17.3 Å². The van der Waals surface area contributed by atoms with Crippen LogP contribution in [0.4, 0.5) is 11.4 Å². The molecule has 0 aromatic heterocycles. The second kappa shape index (κ2) is 5.97. The van der Waals surface area contributed by atoms with Crippen molar-refractivity contribution in [2.24, 2.45) is 0 Å². The van der Waals surface area contributed by atoms with E-state index < -0.39 is 10.3 Å². The molecule has 0 atom stereocenters. The van der Waals surface area contributed by atoms with Crippen LogP contribution in [-0.4, -0.2) is 10.8 Å². The third-order valence-corrected chi connectivity index (χ3v) is 3.73. The molecule has 1 amide bonds. The van der Waals surface area contributed by atoms with Gasteiger partial charge < -0.3 is 5.32 Å². The van der Waals surface area contributed by atoms with Gasteiger partial charge in [0, 0.05) is 17.3 Å². The van der Waals surface area contributed by atoms with Crippen LogP contribution in [0.25, 0.3) is 0 Å². The predicted octanol–water partition coefficient (Wildman–Crippen LogP) is 3.82. The van der Waals surface area contributed by atoms with Gasteiger partial charge in [-0.15, -0.1) is 0 Å². The molecule has 22 heavy (non-hydrogen) atoms. The molecular formula is C17H18N2O3. The fraction of sp³-hybridized carbons (Fsp3) is 0.235. The Labute approximate surface area is 129 Å². The van der Waals surface area contributed by atoms with E-state index in [9.17, 15) is 14.9 Å². The molecule has 2 aromatic rings. The van der Waals surface area contributed by atoms with Crippen molar-refractivity contribution in [3.05, 3.63) is 69.8 Å². The molecule has 0 aliphatic rings. The third-order valence-electron chi connectivity index (χ3n) is 3.73. The molecule has 0 fully saturated rings. The largest absolute Gasteiger partial charge is 0.325 e. The van der Waals surface area contributed by atoms with Crippen LogP contribution in [0.2, 0.25) is 0 Å². The lowest BCUT2D eigenvalue weighted by molar-refractivity contribution is -0.385. The number of rotatable bonds is 4. The number of nitro groups is 1. The number of carbonyl (C=O) groups is 1. The first-order chi connectivity index (χ1) is 10.3. The molecular weight excluding hydrogens is 280 g/mol. The first-order valence-corrected chi connectivity index (χ1v) is 6.94. The van der Waals surface area contributed by atoms with Crippen LogP contribution < -0.4 is 5.32 Å². The molecule has 0 saturated heterocycles. The lowest BCUT2D eigenvalue weighted by Gasteiger charge is -2.24. The first-order valence-electron chi connectivity index (χ1n) is 6.94. The van der Waals surface area contributed by atoms with Crippen LogP contribution in [0.1, 0.15) is 25.0 Å². The van der Waals surface area contributed by atoms with Gasteiger partial charge in [-0.3, -0.25) is 14.9 Å². The monoisotopic (exact) mass is 298 g/mol. The summed E-state index contributed by atoms with van der Waals surface area (Å²) in [6.45, 7) is 5.30. The molecule has 0 bridgehead atoms. The van der Waals surface area contributed by atoms with Gasteiger partial charge in [-0.05, 0) is 32.4 Å². The summed E-state index contributed by atoms with van der Waals surface area (Å²) in [4.78, 5) is 23.0.